The first-order chi connectivity index (χ1) is 10.9. The van der Waals surface area contributed by atoms with E-state index in [1.807, 2.05) is 6.92 Å². The molecule has 1 saturated heterocycles. The molecule has 0 unspecified atom stereocenters. The molecule has 1 aliphatic heterocycles. The van der Waals surface area contributed by atoms with E-state index >= 15 is 0 Å². The number of hydrogen-bond donors (Lipinski definition) is 3. The van der Waals surface area contributed by atoms with Gasteiger partial charge in [0.25, 0.3) is 5.91 Å². The van der Waals surface area contributed by atoms with E-state index < -0.39 is 5.60 Å². The van der Waals surface area contributed by atoms with Gasteiger partial charge in [0, 0.05) is 30.9 Å². The molecule has 2 heterocycles. The van der Waals surface area contributed by atoms with E-state index in [1.165, 1.54) is 0 Å². The summed E-state index contributed by atoms with van der Waals surface area (Å²) in [5.41, 5.74) is 1.59. The molecule has 0 bridgehead atoms. The Morgan fingerprint density at radius 1 is 1.26 bits per heavy atom. The van der Waals surface area contributed by atoms with E-state index in [-0.39, 0.29) is 18.3 Å². The standard InChI is InChI=1S/C17H24N2O4/c1-11-14(15-12(18-11)4-2-5-13(15)21)16(22)19-8-3-6-17(23,10-20)7-9-19/h18,20,23H,2-10H2,1H3/t17-/m0/s1. The Balaban J connectivity index is 1.87. The number of aromatic amines is 1. The molecule has 1 atom stereocenters. The lowest BCUT2D eigenvalue weighted by atomic mass is 9.92. The third-order valence-electron chi connectivity index (χ3n) is 5.09. The van der Waals surface area contributed by atoms with Gasteiger partial charge in [-0.05, 0) is 39.0 Å². The van der Waals surface area contributed by atoms with Crippen LogP contribution in [0, 0.1) is 6.92 Å². The molecule has 1 aliphatic carbocycles. The maximum absolute atomic E-state index is 13.0. The van der Waals surface area contributed by atoms with E-state index in [9.17, 15) is 19.8 Å². The molecule has 1 fully saturated rings. The lowest BCUT2D eigenvalue weighted by molar-refractivity contribution is -0.0250. The molecule has 1 amide bonds. The highest BCUT2D eigenvalue weighted by Crippen LogP contribution is 2.29. The fourth-order valence-electron chi connectivity index (χ4n) is 3.70. The Hall–Kier alpha value is -1.66. The number of Topliss-reactive ketones (excluding diaryl/α,β-unsaturated/α-hetero) is 1. The van der Waals surface area contributed by atoms with Gasteiger partial charge in [0.05, 0.1) is 23.3 Å². The number of aromatic nitrogens is 1. The summed E-state index contributed by atoms with van der Waals surface area (Å²) in [4.78, 5) is 30.1. The Morgan fingerprint density at radius 3 is 2.78 bits per heavy atom. The van der Waals surface area contributed by atoms with Crippen molar-refractivity contribution < 1.29 is 19.8 Å². The number of aryl methyl sites for hydroxylation is 2. The van der Waals surface area contributed by atoms with E-state index in [1.54, 1.807) is 4.90 Å². The number of fused-ring (bicyclic) bond motifs is 1. The molecule has 23 heavy (non-hydrogen) atoms. The number of nitrogens with zero attached hydrogens (tertiary/aromatic N) is 1. The normalized spacial score (nSPS) is 25.2. The van der Waals surface area contributed by atoms with Gasteiger partial charge in [-0.1, -0.05) is 0 Å². The van der Waals surface area contributed by atoms with Gasteiger partial charge in [-0.25, -0.2) is 0 Å². The first-order valence-corrected chi connectivity index (χ1v) is 8.32. The SMILES string of the molecule is Cc1[nH]c2c(c1C(=O)N1CCC[C@@](O)(CO)CC1)C(=O)CCC2. The fourth-order valence-corrected chi connectivity index (χ4v) is 3.70. The first-order valence-electron chi connectivity index (χ1n) is 8.32. The van der Waals surface area contributed by atoms with Crippen molar-refractivity contribution in [1.29, 1.82) is 0 Å². The summed E-state index contributed by atoms with van der Waals surface area (Å²) in [7, 11) is 0. The van der Waals surface area contributed by atoms with E-state index in [0.29, 0.717) is 49.9 Å². The summed E-state index contributed by atoms with van der Waals surface area (Å²) in [6.45, 7) is 2.48. The van der Waals surface area contributed by atoms with Crippen molar-refractivity contribution in [2.45, 2.75) is 51.0 Å². The Bertz CT molecular complexity index is 637. The van der Waals surface area contributed by atoms with Crippen LogP contribution in [0.4, 0.5) is 0 Å². The van der Waals surface area contributed by atoms with Crippen LogP contribution in [0.15, 0.2) is 0 Å². The molecule has 0 saturated carbocycles. The maximum Gasteiger partial charge on any atom is 0.256 e. The van der Waals surface area contributed by atoms with Gasteiger partial charge in [0.15, 0.2) is 5.78 Å². The van der Waals surface area contributed by atoms with Crippen molar-refractivity contribution in [1.82, 2.24) is 9.88 Å². The number of H-pyrrole nitrogens is 1. The predicted octanol–water partition coefficient (Wildman–Crippen LogP) is 1.19. The van der Waals surface area contributed by atoms with Crippen LogP contribution in [-0.4, -0.2) is 57.1 Å². The van der Waals surface area contributed by atoms with Crippen LogP contribution in [0.25, 0.3) is 0 Å². The highest BCUT2D eigenvalue weighted by atomic mass is 16.3. The average molecular weight is 320 g/mol. The average Bonchev–Trinajstić information content (AvgIpc) is 2.74. The molecule has 2 aliphatic rings. The highest BCUT2D eigenvalue weighted by Gasteiger charge is 2.34. The smallest absolute Gasteiger partial charge is 0.256 e. The lowest BCUT2D eigenvalue weighted by Crippen LogP contribution is -2.37. The zero-order valence-corrected chi connectivity index (χ0v) is 13.5. The van der Waals surface area contributed by atoms with Crippen LogP contribution in [0.1, 0.15) is 64.2 Å². The van der Waals surface area contributed by atoms with Gasteiger partial charge in [-0.3, -0.25) is 9.59 Å². The van der Waals surface area contributed by atoms with Crippen LogP contribution in [0.3, 0.4) is 0 Å². The van der Waals surface area contributed by atoms with E-state index in [4.69, 9.17) is 0 Å². The van der Waals surface area contributed by atoms with Gasteiger partial charge in [0.1, 0.15) is 0 Å². The topological polar surface area (TPSA) is 93.6 Å². The summed E-state index contributed by atoms with van der Waals surface area (Å²) < 4.78 is 0. The fraction of sp³-hybridized carbons (Fsp3) is 0.647. The molecule has 3 N–H and O–H groups in total. The Labute approximate surface area is 135 Å². The number of aliphatic hydroxyl groups is 2. The molecule has 0 spiro atoms. The quantitative estimate of drug-likeness (QED) is 0.763. The van der Waals surface area contributed by atoms with Crippen LogP contribution >= 0.6 is 0 Å². The monoisotopic (exact) mass is 320 g/mol. The summed E-state index contributed by atoms with van der Waals surface area (Å²) >= 11 is 0. The van der Waals surface area contributed by atoms with Crippen molar-refractivity contribution in [3.05, 3.63) is 22.5 Å². The van der Waals surface area contributed by atoms with Gasteiger partial charge >= 0.3 is 0 Å². The minimum Gasteiger partial charge on any atom is -0.393 e. The van der Waals surface area contributed by atoms with Crippen LogP contribution in [0.2, 0.25) is 0 Å². The number of nitrogens with one attached hydrogen (secondary N) is 1. The molecule has 0 aromatic carbocycles. The number of aliphatic hydroxyl groups excluding tert-OH is 1. The second kappa shape index (κ2) is 6.09. The highest BCUT2D eigenvalue weighted by molar-refractivity contribution is 6.10. The number of ketones is 1. The third kappa shape index (κ3) is 2.93. The molecular weight excluding hydrogens is 296 g/mol. The van der Waals surface area contributed by atoms with Gasteiger partial charge < -0.3 is 20.1 Å². The molecule has 6 heteroatoms. The number of amides is 1. The Kier molecular flexibility index (Phi) is 4.29. The minimum atomic E-state index is -1.10. The number of hydrogen-bond acceptors (Lipinski definition) is 4. The minimum absolute atomic E-state index is 0.0423. The first kappa shape index (κ1) is 16.2. The summed E-state index contributed by atoms with van der Waals surface area (Å²) in [6.07, 6.45) is 3.61. The van der Waals surface area contributed by atoms with Crippen molar-refractivity contribution in [3.63, 3.8) is 0 Å². The molecule has 1 aromatic heterocycles. The van der Waals surface area contributed by atoms with Crippen LogP contribution < -0.4 is 0 Å². The number of rotatable bonds is 2. The van der Waals surface area contributed by atoms with Gasteiger partial charge in [0.2, 0.25) is 0 Å². The zero-order chi connectivity index (χ0) is 16.6. The molecular formula is C17H24N2O4. The predicted molar refractivity (Wildman–Crippen MR) is 84.6 cm³/mol. The van der Waals surface area contributed by atoms with Crippen LogP contribution in [0.5, 0.6) is 0 Å². The number of carbonyl (C=O) groups is 2. The molecule has 3 rings (SSSR count). The maximum atomic E-state index is 13.0. The van der Waals surface area contributed by atoms with Crippen molar-refractivity contribution >= 4 is 11.7 Å². The summed E-state index contributed by atoms with van der Waals surface area (Å²) in [5.74, 6) is -0.0990. The zero-order valence-electron chi connectivity index (χ0n) is 13.5. The molecule has 1 aromatic rings. The largest absolute Gasteiger partial charge is 0.393 e. The summed E-state index contributed by atoms with van der Waals surface area (Å²) in [5, 5.41) is 19.5. The van der Waals surface area contributed by atoms with E-state index in [0.717, 1.165) is 24.2 Å². The molecule has 6 nitrogen and oxygen atoms in total. The second-order valence-electron chi connectivity index (χ2n) is 6.78. The number of carbonyl (C=O) groups excluding carboxylic acids is 2. The van der Waals surface area contributed by atoms with Crippen molar-refractivity contribution in [3.8, 4) is 0 Å². The lowest BCUT2D eigenvalue weighted by Gasteiger charge is -2.25. The van der Waals surface area contributed by atoms with E-state index in [2.05, 4.69) is 4.98 Å². The van der Waals surface area contributed by atoms with Crippen molar-refractivity contribution in [2.24, 2.45) is 0 Å². The van der Waals surface area contributed by atoms with Gasteiger partial charge in [-0.2, -0.15) is 0 Å². The Morgan fingerprint density at radius 2 is 2.04 bits per heavy atom. The van der Waals surface area contributed by atoms with Gasteiger partial charge in [-0.15, -0.1) is 0 Å². The molecule has 126 valence electrons. The van der Waals surface area contributed by atoms with Crippen LogP contribution in [-0.2, 0) is 6.42 Å². The second-order valence-corrected chi connectivity index (χ2v) is 6.78. The third-order valence-corrected chi connectivity index (χ3v) is 5.09. The molecule has 0 radical (unpaired) electrons. The number of likely N-dealkylation sites (tertiary alicyclic amines) is 1. The summed E-state index contributed by atoms with van der Waals surface area (Å²) in [6, 6.07) is 0. The van der Waals surface area contributed by atoms with Crippen molar-refractivity contribution in [2.75, 3.05) is 19.7 Å².